The van der Waals surface area contributed by atoms with Gasteiger partial charge in [0.25, 0.3) is 0 Å². The Morgan fingerprint density at radius 2 is 1.93 bits per heavy atom. The first-order chi connectivity index (χ1) is 13.4. The molecule has 4 rings (SSSR count). The molecule has 7 heteroatoms. The van der Waals surface area contributed by atoms with E-state index in [4.69, 9.17) is 0 Å². The molecule has 0 radical (unpaired) electrons. The molecule has 1 saturated carbocycles. The van der Waals surface area contributed by atoms with Crippen LogP contribution in [0.5, 0.6) is 0 Å². The monoisotopic (exact) mass is 383 g/mol. The number of benzene rings is 2. The Kier molecular flexibility index (Phi) is 4.58. The van der Waals surface area contributed by atoms with E-state index >= 15 is 0 Å². The molecular weight excluding hydrogens is 367 g/mol. The molecule has 0 spiro atoms. The van der Waals surface area contributed by atoms with Gasteiger partial charge in [0.2, 0.25) is 5.91 Å². The summed E-state index contributed by atoms with van der Waals surface area (Å²) in [5.74, 6) is -0.227. The van der Waals surface area contributed by atoms with Gasteiger partial charge < -0.3 is 0 Å². The van der Waals surface area contributed by atoms with Crippen LogP contribution in [0, 0.1) is 5.92 Å². The molecule has 2 atom stereocenters. The highest BCUT2D eigenvalue weighted by Crippen LogP contribution is 2.47. The first-order valence-electron chi connectivity index (χ1n) is 8.77. The number of nitrogens with one attached hydrogen (secondary N) is 1. The second-order valence-electron chi connectivity index (χ2n) is 6.73. The average molecular weight is 383 g/mol. The van der Waals surface area contributed by atoms with Gasteiger partial charge in [0.05, 0.1) is 17.3 Å². The summed E-state index contributed by atoms with van der Waals surface area (Å²) in [4.78, 5) is 16.0. The lowest BCUT2D eigenvalue weighted by Gasteiger charge is -2.10. The van der Waals surface area contributed by atoms with Gasteiger partial charge in [-0.2, -0.15) is 18.3 Å². The fourth-order valence-corrected chi connectivity index (χ4v) is 3.31. The number of pyridine rings is 1. The number of carbonyl (C=O) groups is 1. The first kappa shape index (κ1) is 18.2. The van der Waals surface area contributed by atoms with Gasteiger partial charge in [0, 0.05) is 17.5 Å². The number of nitrogens with zero attached hydrogens (tertiary/aromatic N) is 2. The van der Waals surface area contributed by atoms with Crippen molar-refractivity contribution in [2.75, 3.05) is 0 Å². The Bertz CT molecular complexity index is 1050. The van der Waals surface area contributed by atoms with Crippen LogP contribution in [0.2, 0.25) is 0 Å². The number of amides is 1. The van der Waals surface area contributed by atoms with Crippen molar-refractivity contribution >= 4 is 23.0 Å². The highest BCUT2D eigenvalue weighted by atomic mass is 19.4. The van der Waals surface area contributed by atoms with Gasteiger partial charge in [-0.15, -0.1) is 0 Å². The maximum absolute atomic E-state index is 13.3. The largest absolute Gasteiger partial charge is 0.418 e. The topological polar surface area (TPSA) is 54.4 Å². The molecule has 1 heterocycles. The summed E-state index contributed by atoms with van der Waals surface area (Å²) in [5, 5.41) is 4.21. The fourth-order valence-electron chi connectivity index (χ4n) is 3.31. The zero-order valence-corrected chi connectivity index (χ0v) is 14.6. The molecule has 1 aromatic heterocycles. The summed E-state index contributed by atoms with van der Waals surface area (Å²) < 4.78 is 39.9. The third-order valence-electron chi connectivity index (χ3n) is 4.78. The van der Waals surface area contributed by atoms with E-state index in [2.05, 4.69) is 15.5 Å². The lowest BCUT2D eigenvalue weighted by molar-refractivity contribution is -0.136. The van der Waals surface area contributed by atoms with Crippen molar-refractivity contribution in [3.05, 3.63) is 77.5 Å². The molecule has 1 amide bonds. The van der Waals surface area contributed by atoms with Crippen molar-refractivity contribution in [3.8, 4) is 0 Å². The Balaban J connectivity index is 1.48. The molecule has 2 aromatic carbocycles. The maximum Gasteiger partial charge on any atom is 0.418 e. The highest BCUT2D eigenvalue weighted by molar-refractivity contribution is 5.91. The number of hydrogen-bond acceptors (Lipinski definition) is 3. The third-order valence-corrected chi connectivity index (χ3v) is 4.78. The number of alkyl halides is 3. The van der Waals surface area contributed by atoms with Crippen molar-refractivity contribution in [1.29, 1.82) is 0 Å². The molecular formula is C21H16F3N3O. The predicted octanol–water partition coefficient (Wildman–Crippen LogP) is 4.51. The molecule has 1 aliphatic carbocycles. The quantitative estimate of drug-likeness (QED) is 0.532. The molecule has 0 saturated heterocycles. The summed E-state index contributed by atoms with van der Waals surface area (Å²) in [6.45, 7) is 0. The van der Waals surface area contributed by atoms with E-state index in [-0.39, 0.29) is 28.8 Å². The van der Waals surface area contributed by atoms with Gasteiger partial charge in [-0.05, 0) is 41.7 Å². The molecule has 28 heavy (non-hydrogen) atoms. The Labute approximate surface area is 159 Å². The summed E-state index contributed by atoms with van der Waals surface area (Å²) in [7, 11) is 0. The molecule has 0 unspecified atom stereocenters. The van der Waals surface area contributed by atoms with Crippen molar-refractivity contribution in [3.63, 3.8) is 0 Å². The van der Waals surface area contributed by atoms with Crippen molar-refractivity contribution in [2.45, 2.75) is 18.5 Å². The van der Waals surface area contributed by atoms with Crippen LogP contribution in [0.4, 0.5) is 13.2 Å². The first-order valence-corrected chi connectivity index (χ1v) is 8.77. The van der Waals surface area contributed by atoms with Crippen LogP contribution in [0.15, 0.2) is 65.9 Å². The van der Waals surface area contributed by atoms with Gasteiger partial charge in [0.15, 0.2) is 0 Å². The normalized spacial score (nSPS) is 19.1. The Morgan fingerprint density at radius 1 is 1.14 bits per heavy atom. The zero-order chi connectivity index (χ0) is 19.7. The van der Waals surface area contributed by atoms with Crippen LogP contribution in [0.1, 0.15) is 29.0 Å². The molecule has 1 N–H and O–H groups in total. The van der Waals surface area contributed by atoms with Crippen LogP contribution in [-0.4, -0.2) is 17.1 Å². The summed E-state index contributed by atoms with van der Waals surface area (Å²) in [6, 6.07) is 15.4. The van der Waals surface area contributed by atoms with Gasteiger partial charge in [-0.3, -0.25) is 9.78 Å². The number of aromatic nitrogens is 1. The van der Waals surface area contributed by atoms with Crippen LogP contribution in [0.25, 0.3) is 10.9 Å². The van der Waals surface area contributed by atoms with Crippen molar-refractivity contribution in [2.24, 2.45) is 11.0 Å². The van der Waals surface area contributed by atoms with Crippen LogP contribution in [0.3, 0.4) is 0 Å². The summed E-state index contributed by atoms with van der Waals surface area (Å²) in [6.07, 6.45) is -1.24. The molecule has 142 valence electrons. The van der Waals surface area contributed by atoms with Crippen molar-refractivity contribution in [1.82, 2.24) is 10.4 Å². The number of hydrazone groups is 1. The van der Waals surface area contributed by atoms with Gasteiger partial charge in [-0.1, -0.05) is 36.4 Å². The molecule has 1 aliphatic rings. The lowest BCUT2D eigenvalue weighted by Crippen LogP contribution is -2.20. The van der Waals surface area contributed by atoms with E-state index in [1.807, 2.05) is 30.3 Å². The average Bonchev–Trinajstić information content (AvgIpc) is 3.48. The molecule has 3 aromatic rings. The van der Waals surface area contributed by atoms with E-state index in [1.165, 1.54) is 12.4 Å². The SMILES string of the molecule is O=C(NN=Cc1cc(C(F)(F)F)c2ncccc2c1)[C@@H]1C[C@H]1c1ccccc1. The third kappa shape index (κ3) is 3.74. The zero-order valence-electron chi connectivity index (χ0n) is 14.6. The standard InChI is InChI=1S/C21H16F3N3O/c22-21(23,24)18-10-13(9-15-7-4-8-25-19(15)18)12-26-27-20(28)17-11-16(17)14-5-2-1-3-6-14/h1-10,12,16-17H,11H2,(H,27,28)/t16-,17+/m0/s1. The number of rotatable bonds is 4. The highest BCUT2D eigenvalue weighted by Gasteiger charge is 2.43. The molecule has 0 bridgehead atoms. The van der Waals surface area contributed by atoms with Crippen LogP contribution in [-0.2, 0) is 11.0 Å². The minimum Gasteiger partial charge on any atom is -0.273 e. The predicted molar refractivity (Wildman–Crippen MR) is 99.8 cm³/mol. The lowest BCUT2D eigenvalue weighted by atomic mass is 10.1. The smallest absolute Gasteiger partial charge is 0.273 e. The Morgan fingerprint density at radius 3 is 2.68 bits per heavy atom. The Hall–Kier alpha value is -3.22. The van der Waals surface area contributed by atoms with Gasteiger partial charge >= 0.3 is 6.18 Å². The van der Waals surface area contributed by atoms with E-state index in [0.29, 0.717) is 5.39 Å². The maximum atomic E-state index is 13.3. The van der Waals surface area contributed by atoms with E-state index in [9.17, 15) is 18.0 Å². The van der Waals surface area contributed by atoms with E-state index in [1.54, 1.807) is 18.2 Å². The summed E-state index contributed by atoms with van der Waals surface area (Å²) >= 11 is 0. The van der Waals surface area contributed by atoms with Gasteiger partial charge in [0.1, 0.15) is 0 Å². The van der Waals surface area contributed by atoms with E-state index in [0.717, 1.165) is 18.1 Å². The minimum atomic E-state index is -4.53. The second-order valence-corrected chi connectivity index (χ2v) is 6.73. The second kappa shape index (κ2) is 7.07. The number of hydrogen-bond donors (Lipinski definition) is 1. The molecule has 1 fully saturated rings. The molecule has 4 nitrogen and oxygen atoms in total. The van der Waals surface area contributed by atoms with Crippen LogP contribution >= 0.6 is 0 Å². The summed E-state index contributed by atoms with van der Waals surface area (Å²) in [5.41, 5.74) is 2.83. The van der Waals surface area contributed by atoms with Gasteiger partial charge in [-0.25, -0.2) is 5.43 Å². The molecule has 0 aliphatic heterocycles. The number of carbonyl (C=O) groups excluding carboxylic acids is 1. The minimum absolute atomic E-state index is 0.111. The van der Waals surface area contributed by atoms with Crippen molar-refractivity contribution < 1.29 is 18.0 Å². The number of fused-ring (bicyclic) bond motifs is 1. The number of halogens is 3. The van der Waals surface area contributed by atoms with E-state index < -0.39 is 11.7 Å². The fraction of sp³-hybridized carbons (Fsp3) is 0.190. The van der Waals surface area contributed by atoms with Crippen LogP contribution < -0.4 is 5.43 Å².